The zero-order chi connectivity index (χ0) is 12.7. The Balaban J connectivity index is 2.45. The highest BCUT2D eigenvalue weighted by Gasteiger charge is 2.12. The Morgan fingerprint density at radius 3 is 2.76 bits per heavy atom. The topological polar surface area (TPSA) is 39.1 Å². The number of hydrogen-bond acceptors (Lipinski definition) is 3. The number of hydrogen-bond donors (Lipinski definition) is 1. The van der Waals surface area contributed by atoms with E-state index in [9.17, 15) is 0 Å². The molecule has 1 aromatic rings. The van der Waals surface area contributed by atoms with Crippen molar-refractivity contribution in [1.82, 2.24) is 14.9 Å². The van der Waals surface area contributed by atoms with E-state index in [0.29, 0.717) is 12.1 Å². The summed E-state index contributed by atoms with van der Waals surface area (Å²) in [6.45, 7) is 5.26. The molecule has 98 valence electrons. The van der Waals surface area contributed by atoms with Gasteiger partial charge in [-0.3, -0.25) is 0 Å². The van der Waals surface area contributed by atoms with Gasteiger partial charge in [-0.15, -0.1) is 0 Å². The van der Waals surface area contributed by atoms with Gasteiger partial charge in [0.15, 0.2) is 0 Å². The van der Waals surface area contributed by atoms with E-state index in [1.165, 1.54) is 0 Å². The third-order valence-electron chi connectivity index (χ3n) is 3.17. The molecule has 2 unspecified atom stereocenters. The lowest BCUT2D eigenvalue weighted by atomic mass is 10.1. The van der Waals surface area contributed by atoms with Crippen LogP contribution in [0, 0.1) is 0 Å². The van der Waals surface area contributed by atoms with Crippen LogP contribution in [0.15, 0.2) is 12.4 Å². The van der Waals surface area contributed by atoms with Crippen LogP contribution in [-0.4, -0.2) is 35.4 Å². The van der Waals surface area contributed by atoms with E-state index in [4.69, 9.17) is 4.74 Å². The predicted octanol–water partition coefficient (Wildman–Crippen LogP) is 1.76. The maximum atomic E-state index is 5.29. The molecule has 0 spiro atoms. The minimum absolute atomic E-state index is 0.331. The van der Waals surface area contributed by atoms with Crippen LogP contribution in [0.2, 0.25) is 0 Å². The van der Waals surface area contributed by atoms with Gasteiger partial charge in [-0.25, -0.2) is 4.98 Å². The molecular weight excluding hydrogens is 214 g/mol. The van der Waals surface area contributed by atoms with Crippen molar-refractivity contribution in [3.05, 3.63) is 18.2 Å². The van der Waals surface area contributed by atoms with Crippen LogP contribution in [0.5, 0.6) is 0 Å². The van der Waals surface area contributed by atoms with Crippen molar-refractivity contribution in [2.75, 3.05) is 13.7 Å². The third kappa shape index (κ3) is 4.88. The standard InChI is InChI=1S/C13H25N3O/c1-5-14-12(7-6-11(2)17-4)10-13-15-8-9-16(13)3/h8-9,11-12,14H,5-7,10H2,1-4H3. The van der Waals surface area contributed by atoms with Gasteiger partial charge in [0.25, 0.3) is 0 Å². The zero-order valence-electron chi connectivity index (χ0n) is 11.4. The number of likely N-dealkylation sites (N-methyl/N-ethyl adjacent to an activating group) is 1. The van der Waals surface area contributed by atoms with Crippen LogP contribution in [0.1, 0.15) is 32.5 Å². The zero-order valence-corrected chi connectivity index (χ0v) is 11.4. The molecule has 1 N–H and O–H groups in total. The second-order valence-electron chi connectivity index (χ2n) is 4.54. The summed E-state index contributed by atoms with van der Waals surface area (Å²) in [4.78, 5) is 4.38. The summed E-state index contributed by atoms with van der Waals surface area (Å²) in [5.74, 6) is 1.14. The SMILES string of the molecule is CCNC(CCC(C)OC)Cc1nccn1C. The molecule has 2 atom stereocenters. The smallest absolute Gasteiger partial charge is 0.109 e. The first-order valence-electron chi connectivity index (χ1n) is 6.39. The quantitative estimate of drug-likeness (QED) is 0.751. The first kappa shape index (κ1) is 14.2. The van der Waals surface area contributed by atoms with Crippen LogP contribution in [-0.2, 0) is 18.2 Å². The molecule has 4 heteroatoms. The largest absolute Gasteiger partial charge is 0.382 e. The number of rotatable bonds is 8. The number of methoxy groups -OCH3 is 1. The molecular formula is C13H25N3O. The van der Waals surface area contributed by atoms with Crippen molar-refractivity contribution in [2.24, 2.45) is 7.05 Å². The molecule has 0 bridgehead atoms. The minimum Gasteiger partial charge on any atom is -0.382 e. The average Bonchev–Trinajstić information content (AvgIpc) is 2.72. The highest BCUT2D eigenvalue weighted by Crippen LogP contribution is 2.09. The lowest BCUT2D eigenvalue weighted by Gasteiger charge is -2.19. The maximum absolute atomic E-state index is 5.29. The van der Waals surface area contributed by atoms with Crippen molar-refractivity contribution in [3.63, 3.8) is 0 Å². The van der Waals surface area contributed by atoms with Gasteiger partial charge >= 0.3 is 0 Å². The fraction of sp³-hybridized carbons (Fsp3) is 0.769. The molecule has 0 aliphatic carbocycles. The molecule has 0 aliphatic rings. The van der Waals surface area contributed by atoms with E-state index in [0.717, 1.165) is 31.6 Å². The fourth-order valence-corrected chi connectivity index (χ4v) is 1.93. The van der Waals surface area contributed by atoms with Crippen LogP contribution >= 0.6 is 0 Å². The van der Waals surface area contributed by atoms with E-state index in [1.807, 2.05) is 19.4 Å². The number of aryl methyl sites for hydroxylation is 1. The van der Waals surface area contributed by atoms with E-state index in [2.05, 4.69) is 28.7 Å². The molecule has 0 aromatic carbocycles. The Labute approximate surface area is 104 Å². The Morgan fingerprint density at radius 1 is 1.47 bits per heavy atom. The van der Waals surface area contributed by atoms with Crippen molar-refractivity contribution >= 4 is 0 Å². The lowest BCUT2D eigenvalue weighted by Crippen LogP contribution is -2.32. The third-order valence-corrected chi connectivity index (χ3v) is 3.17. The molecule has 1 heterocycles. The number of aromatic nitrogens is 2. The molecule has 0 saturated heterocycles. The van der Waals surface area contributed by atoms with Gasteiger partial charge in [0.2, 0.25) is 0 Å². The van der Waals surface area contributed by atoms with Gasteiger partial charge in [-0.05, 0) is 26.3 Å². The van der Waals surface area contributed by atoms with Crippen LogP contribution in [0.25, 0.3) is 0 Å². The van der Waals surface area contributed by atoms with Gasteiger partial charge < -0.3 is 14.6 Å². The number of nitrogens with one attached hydrogen (secondary N) is 1. The Kier molecular flexibility index (Phi) is 6.22. The van der Waals surface area contributed by atoms with Gasteiger partial charge in [0, 0.05) is 39.0 Å². The van der Waals surface area contributed by atoms with Crippen LogP contribution in [0.4, 0.5) is 0 Å². The number of nitrogens with zero attached hydrogens (tertiary/aromatic N) is 2. The monoisotopic (exact) mass is 239 g/mol. The minimum atomic E-state index is 0.331. The molecule has 4 nitrogen and oxygen atoms in total. The molecule has 0 radical (unpaired) electrons. The van der Waals surface area contributed by atoms with Gasteiger partial charge in [0.1, 0.15) is 5.82 Å². The molecule has 0 amide bonds. The van der Waals surface area contributed by atoms with Gasteiger partial charge in [-0.1, -0.05) is 6.92 Å². The van der Waals surface area contributed by atoms with E-state index in [1.54, 1.807) is 7.11 Å². The second kappa shape index (κ2) is 7.45. The van der Waals surface area contributed by atoms with Gasteiger partial charge in [0.05, 0.1) is 6.10 Å². The molecule has 17 heavy (non-hydrogen) atoms. The van der Waals surface area contributed by atoms with Crippen molar-refractivity contribution in [3.8, 4) is 0 Å². The van der Waals surface area contributed by atoms with Gasteiger partial charge in [-0.2, -0.15) is 0 Å². The van der Waals surface area contributed by atoms with Crippen molar-refractivity contribution in [1.29, 1.82) is 0 Å². The molecule has 0 saturated carbocycles. The van der Waals surface area contributed by atoms with E-state index in [-0.39, 0.29) is 0 Å². The predicted molar refractivity (Wildman–Crippen MR) is 70.1 cm³/mol. The maximum Gasteiger partial charge on any atom is 0.109 e. The summed E-state index contributed by atoms with van der Waals surface area (Å²) in [6.07, 6.45) is 7.37. The molecule has 1 rings (SSSR count). The fourth-order valence-electron chi connectivity index (χ4n) is 1.93. The Bertz CT molecular complexity index is 311. The van der Waals surface area contributed by atoms with Crippen LogP contribution < -0.4 is 5.32 Å². The Hall–Kier alpha value is -0.870. The average molecular weight is 239 g/mol. The highest BCUT2D eigenvalue weighted by atomic mass is 16.5. The number of imidazole rings is 1. The summed E-state index contributed by atoms with van der Waals surface area (Å²) in [6, 6.07) is 0.485. The van der Waals surface area contributed by atoms with E-state index < -0.39 is 0 Å². The normalized spacial score (nSPS) is 14.8. The molecule has 0 fully saturated rings. The van der Waals surface area contributed by atoms with Crippen molar-refractivity contribution in [2.45, 2.75) is 45.3 Å². The van der Waals surface area contributed by atoms with E-state index >= 15 is 0 Å². The highest BCUT2D eigenvalue weighted by molar-refractivity contribution is 4.94. The summed E-state index contributed by atoms with van der Waals surface area (Å²) < 4.78 is 7.38. The molecule has 1 aromatic heterocycles. The Morgan fingerprint density at radius 2 is 2.24 bits per heavy atom. The first-order chi connectivity index (χ1) is 8.17. The van der Waals surface area contributed by atoms with Crippen molar-refractivity contribution < 1.29 is 4.74 Å². The first-order valence-corrected chi connectivity index (χ1v) is 6.39. The second-order valence-corrected chi connectivity index (χ2v) is 4.54. The van der Waals surface area contributed by atoms with Crippen LogP contribution in [0.3, 0.4) is 0 Å². The molecule has 0 aliphatic heterocycles. The lowest BCUT2D eigenvalue weighted by molar-refractivity contribution is 0.106. The number of ether oxygens (including phenoxy) is 1. The summed E-state index contributed by atoms with van der Waals surface area (Å²) in [5.41, 5.74) is 0. The summed E-state index contributed by atoms with van der Waals surface area (Å²) in [7, 11) is 3.81. The summed E-state index contributed by atoms with van der Waals surface area (Å²) >= 11 is 0. The summed E-state index contributed by atoms with van der Waals surface area (Å²) in [5, 5.41) is 3.52.